The third-order valence-corrected chi connectivity index (χ3v) is 3.79. The lowest BCUT2D eigenvalue weighted by Crippen LogP contribution is -2.50. The van der Waals surface area contributed by atoms with E-state index in [1.54, 1.807) is 19.9 Å². The number of carbonyl (C=O) groups is 1. The van der Waals surface area contributed by atoms with Crippen molar-refractivity contribution < 1.29 is 19.1 Å². The van der Waals surface area contributed by atoms with Crippen LogP contribution >= 0.6 is 0 Å². The maximum atomic E-state index is 12.1. The van der Waals surface area contributed by atoms with Crippen molar-refractivity contribution in [3.8, 4) is 0 Å². The number of carbonyl (C=O) groups excluding carboxylic acids is 1. The number of nitrogens with one attached hydrogen (secondary N) is 1. The summed E-state index contributed by atoms with van der Waals surface area (Å²) in [6, 6.07) is 1.80. The number of hydrogen-bond donors (Lipinski definition) is 2. The standard InChI is InChI=1S/C15H24N2O4/c1-10-7-12(11(2)21-10)15(3,19)9-16-14(18)13-8-17(4)5-6-20-13/h7,13,19H,5-6,8-9H2,1-4H3,(H,16,18). The highest BCUT2D eigenvalue weighted by Crippen LogP contribution is 2.26. The quantitative estimate of drug-likeness (QED) is 0.849. The minimum atomic E-state index is -1.17. The third-order valence-electron chi connectivity index (χ3n) is 3.79. The average Bonchev–Trinajstić information content (AvgIpc) is 2.76. The van der Waals surface area contributed by atoms with Crippen LogP contribution in [-0.2, 0) is 15.1 Å². The van der Waals surface area contributed by atoms with Crippen LogP contribution in [0.25, 0.3) is 0 Å². The molecule has 118 valence electrons. The maximum Gasteiger partial charge on any atom is 0.250 e. The van der Waals surface area contributed by atoms with E-state index < -0.39 is 11.7 Å². The van der Waals surface area contributed by atoms with Gasteiger partial charge in [0.05, 0.1) is 13.2 Å². The van der Waals surface area contributed by atoms with E-state index in [1.807, 2.05) is 14.0 Å². The first kappa shape index (κ1) is 16.0. The molecule has 1 amide bonds. The lowest BCUT2D eigenvalue weighted by Gasteiger charge is -2.30. The van der Waals surface area contributed by atoms with Crippen LogP contribution in [0, 0.1) is 13.8 Å². The first-order valence-electron chi connectivity index (χ1n) is 7.17. The van der Waals surface area contributed by atoms with E-state index in [1.165, 1.54) is 0 Å². The van der Waals surface area contributed by atoms with E-state index in [4.69, 9.17) is 9.15 Å². The van der Waals surface area contributed by atoms with Crippen LogP contribution in [0.1, 0.15) is 24.0 Å². The van der Waals surface area contributed by atoms with Crippen LogP contribution in [0.15, 0.2) is 10.5 Å². The normalized spacial score (nSPS) is 22.8. The topological polar surface area (TPSA) is 74.9 Å². The largest absolute Gasteiger partial charge is 0.466 e. The van der Waals surface area contributed by atoms with Crippen LogP contribution < -0.4 is 5.32 Å². The average molecular weight is 296 g/mol. The number of aliphatic hydroxyl groups is 1. The molecule has 0 saturated carbocycles. The maximum absolute atomic E-state index is 12.1. The number of ether oxygens (including phenoxy) is 1. The van der Waals surface area contributed by atoms with E-state index in [-0.39, 0.29) is 12.5 Å². The van der Waals surface area contributed by atoms with Gasteiger partial charge in [-0.1, -0.05) is 0 Å². The van der Waals surface area contributed by atoms with Gasteiger partial charge < -0.3 is 24.5 Å². The summed E-state index contributed by atoms with van der Waals surface area (Å²) in [6.45, 7) is 7.36. The molecule has 2 rings (SSSR count). The minimum Gasteiger partial charge on any atom is -0.466 e. The Labute approximate surface area is 125 Å². The van der Waals surface area contributed by atoms with Gasteiger partial charge in [-0.25, -0.2) is 0 Å². The molecule has 0 aromatic carbocycles. The smallest absolute Gasteiger partial charge is 0.250 e. The Bertz CT molecular complexity index is 510. The Kier molecular flexibility index (Phi) is 4.70. The first-order chi connectivity index (χ1) is 9.79. The van der Waals surface area contributed by atoms with Crippen molar-refractivity contribution in [2.75, 3.05) is 33.3 Å². The number of likely N-dealkylation sites (N-methyl/N-ethyl adjacent to an activating group) is 1. The summed E-state index contributed by atoms with van der Waals surface area (Å²) in [7, 11) is 1.95. The molecule has 0 aliphatic carbocycles. The van der Waals surface area contributed by atoms with Crippen molar-refractivity contribution in [3.63, 3.8) is 0 Å². The Hall–Kier alpha value is -1.37. The second kappa shape index (κ2) is 6.17. The second-order valence-electron chi connectivity index (χ2n) is 5.94. The Morgan fingerprint density at radius 3 is 2.86 bits per heavy atom. The SMILES string of the molecule is Cc1cc(C(C)(O)CNC(=O)C2CN(C)CCO2)c(C)o1. The van der Waals surface area contributed by atoms with Crippen molar-refractivity contribution in [2.45, 2.75) is 32.5 Å². The van der Waals surface area contributed by atoms with Crippen LogP contribution in [0.3, 0.4) is 0 Å². The fraction of sp³-hybridized carbons (Fsp3) is 0.667. The van der Waals surface area contributed by atoms with Crippen LogP contribution in [0.5, 0.6) is 0 Å². The molecule has 0 bridgehead atoms. The van der Waals surface area contributed by atoms with Gasteiger partial charge in [0.15, 0.2) is 0 Å². The van der Waals surface area contributed by atoms with Gasteiger partial charge in [-0.05, 0) is 33.9 Å². The zero-order valence-corrected chi connectivity index (χ0v) is 13.1. The summed E-state index contributed by atoms with van der Waals surface area (Å²) < 4.78 is 10.9. The summed E-state index contributed by atoms with van der Waals surface area (Å²) in [5, 5.41) is 13.3. The highest BCUT2D eigenvalue weighted by atomic mass is 16.5. The molecule has 1 aromatic heterocycles. The predicted molar refractivity (Wildman–Crippen MR) is 78.0 cm³/mol. The van der Waals surface area contributed by atoms with Crippen molar-refractivity contribution in [1.29, 1.82) is 0 Å². The monoisotopic (exact) mass is 296 g/mol. The van der Waals surface area contributed by atoms with Gasteiger partial charge in [-0.2, -0.15) is 0 Å². The molecule has 1 aliphatic rings. The number of amides is 1. The summed E-state index contributed by atoms with van der Waals surface area (Å²) in [4.78, 5) is 14.2. The second-order valence-corrected chi connectivity index (χ2v) is 5.94. The summed E-state index contributed by atoms with van der Waals surface area (Å²) >= 11 is 0. The first-order valence-corrected chi connectivity index (χ1v) is 7.17. The molecule has 6 nitrogen and oxygen atoms in total. The Morgan fingerprint density at radius 1 is 1.57 bits per heavy atom. The molecule has 21 heavy (non-hydrogen) atoms. The number of hydrogen-bond acceptors (Lipinski definition) is 5. The lowest BCUT2D eigenvalue weighted by molar-refractivity contribution is -0.139. The molecule has 0 spiro atoms. The van der Waals surface area contributed by atoms with E-state index in [2.05, 4.69) is 10.2 Å². The number of aryl methyl sites for hydroxylation is 2. The molecule has 2 heterocycles. The summed E-state index contributed by atoms with van der Waals surface area (Å²) in [6.07, 6.45) is -0.480. The van der Waals surface area contributed by atoms with Crippen LogP contribution in [0.4, 0.5) is 0 Å². The predicted octanol–water partition coefficient (Wildman–Crippen LogP) is 0.551. The fourth-order valence-corrected chi connectivity index (χ4v) is 2.57. The van der Waals surface area contributed by atoms with Crippen molar-refractivity contribution in [2.24, 2.45) is 0 Å². The summed E-state index contributed by atoms with van der Waals surface area (Å²) in [5.74, 6) is 1.21. The molecule has 0 radical (unpaired) electrons. The molecule has 2 unspecified atom stereocenters. The molecule has 6 heteroatoms. The molecule has 1 fully saturated rings. The third kappa shape index (κ3) is 3.84. The van der Waals surface area contributed by atoms with Crippen LogP contribution in [0.2, 0.25) is 0 Å². The van der Waals surface area contributed by atoms with Crippen molar-refractivity contribution in [1.82, 2.24) is 10.2 Å². The molecule has 2 N–H and O–H groups in total. The van der Waals surface area contributed by atoms with Gasteiger partial charge in [0.1, 0.15) is 23.2 Å². The van der Waals surface area contributed by atoms with Gasteiger partial charge in [0.2, 0.25) is 0 Å². The zero-order valence-electron chi connectivity index (χ0n) is 13.1. The van der Waals surface area contributed by atoms with Crippen molar-refractivity contribution in [3.05, 3.63) is 23.2 Å². The molecule has 2 atom stereocenters. The lowest BCUT2D eigenvalue weighted by atomic mass is 9.96. The molecule has 1 aliphatic heterocycles. The van der Waals surface area contributed by atoms with E-state index in [0.717, 1.165) is 12.3 Å². The molecule has 1 aromatic rings. The number of rotatable bonds is 4. The molecular weight excluding hydrogens is 272 g/mol. The van der Waals surface area contributed by atoms with Gasteiger partial charge in [-0.15, -0.1) is 0 Å². The number of morpholine rings is 1. The molecular formula is C15H24N2O4. The fourth-order valence-electron chi connectivity index (χ4n) is 2.57. The number of nitrogens with zero attached hydrogens (tertiary/aromatic N) is 1. The van der Waals surface area contributed by atoms with E-state index >= 15 is 0 Å². The summed E-state index contributed by atoms with van der Waals surface area (Å²) in [5.41, 5.74) is -0.472. The van der Waals surface area contributed by atoms with Gasteiger partial charge in [0.25, 0.3) is 5.91 Å². The van der Waals surface area contributed by atoms with E-state index in [9.17, 15) is 9.90 Å². The Morgan fingerprint density at radius 2 is 2.29 bits per heavy atom. The number of furan rings is 1. The van der Waals surface area contributed by atoms with E-state index in [0.29, 0.717) is 24.5 Å². The highest BCUT2D eigenvalue weighted by Gasteiger charge is 2.30. The van der Waals surface area contributed by atoms with Gasteiger partial charge in [-0.3, -0.25) is 4.79 Å². The van der Waals surface area contributed by atoms with Crippen molar-refractivity contribution >= 4 is 5.91 Å². The Balaban J connectivity index is 1.95. The van der Waals surface area contributed by atoms with Gasteiger partial charge >= 0.3 is 0 Å². The highest BCUT2D eigenvalue weighted by molar-refractivity contribution is 5.81. The zero-order chi connectivity index (χ0) is 15.6. The van der Waals surface area contributed by atoms with Crippen LogP contribution in [-0.4, -0.2) is 55.3 Å². The molecule has 1 saturated heterocycles. The minimum absolute atomic E-state index is 0.120. The van der Waals surface area contributed by atoms with Gasteiger partial charge in [0, 0.05) is 18.7 Å².